The maximum absolute atomic E-state index is 5.26. The Bertz CT molecular complexity index is 140. The zero-order chi connectivity index (χ0) is 5.98. The van der Waals surface area contributed by atoms with E-state index in [1.807, 2.05) is 0 Å². The average Bonchev–Trinajstić information content (AvgIpc) is 1.77. The molecule has 0 fully saturated rings. The molecule has 1 rings (SSSR count). The summed E-state index contributed by atoms with van der Waals surface area (Å²) in [5.74, 6) is 5.54. The molecule has 4 nitrogen and oxygen atoms in total. The van der Waals surface area contributed by atoms with Crippen LogP contribution in [0, 0.1) is 0 Å². The van der Waals surface area contributed by atoms with E-state index in [9.17, 15) is 0 Å². The molecule has 0 bridgehead atoms. The van der Waals surface area contributed by atoms with Crippen molar-refractivity contribution in [3.63, 3.8) is 0 Å². The van der Waals surface area contributed by atoms with Gasteiger partial charge < -0.3 is 10.6 Å². The molecule has 0 amide bonds. The summed E-state index contributed by atoms with van der Waals surface area (Å²) in [7, 11) is 0. The van der Waals surface area contributed by atoms with Gasteiger partial charge in [0.05, 0.1) is 0 Å². The molecule has 0 spiro atoms. The zero-order valence-electron chi connectivity index (χ0n) is 4.24. The Labute approximate surface area is 46.9 Å². The molecule has 8 heavy (non-hydrogen) atoms. The number of hydroxylamine groups is 1. The van der Waals surface area contributed by atoms with Crippen LogP contribution in [0.2, 0.25) is 0 Å². The number of allylic oxidation sites excluding steroid dienone is 2. The molecule has 0 radical (unpaired) electrons. The second-order valence-electron chi connectivity index (χ2n) is 1.35. The number of hydrazine groups is 1. The van der Waals surface area contributed by atoms with Crippen LogP contribution in [-0.2, 0) is 4.84 Å². The van der Waals surface area contributed by atoms with Crippen LogP contribution in [0.3, 0.4) is 0 Å². The first-order chi connectivity index (χ1) is 3.80. The first kappa shape index (κ1) is 4.99. The molecular weight excluding hydrogens is 106 g/mol. The monoisotopic (exact) mass is 113 g/mol. The fourth-order valence-corrected chi connectivity index (χ4v) is 0.373. The molecule has 0 aliphatic carbocycles. The van der Waals surface area contributed by atoms with Gasteiger partial charge in [0.15, 0.2) is 5.82 Å². The van der Waals surface area contributed by atoms with Crippen molar-refractivity contribution in [2.24, 2.45) is 11.6 Å². The molecule has 1 aliphatic rings. The van der Waals surface area contributed by atoms with E-state index in [1.54, 1.807) is 12.2 Å². The van der Waals surface area contributed by atoms with Gasteiger partial charge >= 0.3 is 0 Å². The van der Waals surface area contributed by atoms with Crippen LogP contribution in [0.15, 0.2) is 24.2 Å². The summed E-state index contributed by atoms with van der Waals surface area (Å²) >= 11 is 0. The third kappa shape index (κ3) is 0.737. The normalized spacial score (nSPS) is 17.6. The number of hydrogen-bond acceptors (Lipinski definition) is 4. The third-order valence-electron chi connectivity index (χ3n) is 0.774. The van der Waals surface area contributed by atoms with E-state index in [0.717, 1.165) is 5.17 Å². The van der Waals surface area contributed by atoms with Crippen molar-refractivity contribution in [2.75, 3.05) is 0 Å². The Balaban J connectivity index is 2.66. The second-order valence-corrected chi connectivity index (χ2v) is 1.35. The SMILES string of the molecule is NC1=CC=CON1N. The van der Waals surface area contributed by atoms with Crippen LogP contribution in [-0.4, -0.2) is 5.17 Å². The number of rotatable bonds is 0. The van der Waals surface area contributed by atoms with Gasteiger partial charge in [0.25, 0.3) is 0 Å². The van der Waals surface area contributed by atoms with Crippen LogP contribution in [0.25, 0.3) is 0 Å². The van der Waals surface area contributed by atoms with Crippen molar-refractivity contribution in [3.8, 4) is 0 Å². The smallest absolute Gasteiger partial charge is 0.153 e. The summed E-state index contributed by atoms with van der Waals surface area (Å²) in [4.78, 5) is 4.63. The molecule has 4 heteroatoms. The predicted molar refractivity (Wildman–Crippen MR) is 28.5 cm³/mol. The lowest BCUT2D eigenvalue weighted by atomic mass is 10.5. The topological polar surface area (TPSA) is 64.5 Å². The summed E-state index contributed by atoms with van der Waals surface area (Å²) in [6, 6.07) is 0. The van der Waals surface area contributed by atoms with Crippen LogP contribution < -0.4 is 11.6 Å². The Morgan fingerprint density at radius 1 is 1.62 bits per heavy atom. The Kier molecular flexibility index (Phi) is 1.09. The van der Waals surface area contributed by atoms with E-state index < -0.39 is 0 Å². The molecule has 0 aromatic carbocycles. The van der Waals surface area contributed by atoms with Gasteiger partial charge in [-0.05, 0) is 12.2 Å². The highest BCUT2D eigenvalue weighted by Gasteiger charge is 1.99. The lowest BCUT2D eigenvalue weighted by Crippen LogP contribution is -2.33. The van der Waals surface area contributed by atoms with Gasteiger partial charge in [-0.1, -0.05) is 0 Å². The molecule has 0 aromatic heterocycles. The minimum atomic E-state index is 0.396. The van der Waals surface area contributed by atoms with Gasteiger partial charge in [0, 0.05) is 0 Å². The molecule has 0 aromatic rings. The molecule has 0 saturated heterocycles. The van der Waals surface area contributed by atoms with E-state index in [1.165, 1.54) is 6.26 Å². The van der Waals surface area contributed by atoms with E-state index in [-0.39, 0.29) is 0 Å². The Hall–Kier alpha value is -1.16. The van der Waals surface area contributed by atoms with Crippen LogP contribution in [0.5, 0.6) is 0 Å². The van der Waals surface area contributed by atoms with Crippen molar-refractivity contribution >= 4 is 0 Å². The highest BCUT2D eigenvalue weighted by Crippen LogP contribution is 1.97. The Morgan fingerprint density at radius 2 is 2.38 bits per heavy atom. The van der Waals surface area contributed by atoms with Gasteiger partial charge in [-0.2, -0.15) is 0 Å². The lowest BCUT2D eigenvalue weighted by molar-refractivity contribution is -0.0765. The molecule has 4 N–H and O–H groups in total. The highest BCUT2D eigenvalue weighted by atomic mass is 16.7. The third-order valence-corrected chi connectivity index (χ3v) is 0.774. The standard InChI is InChI=1S/C4H7N3O/c5-4-2-1-3-8-7(4)6/h1-3H,5-6H2. The second kappa shape index (κ2) is 1.75. The van der Waals surface area contributed by atoms with Gasteiger partial charge in [0.2, 0.25) is 0 Å². The van der Waals surface area contributed by atoms with Crippen molar-refractivity contribution in [1.29, 1.82) is 0 Å². The predicted octanol–water partition coefficient (Wildman–Crippen LogP) is -0.579. The van der Waals surface area contributed by atoms with Crippen molar-refractivity contribution in [3.05, 3.63) is 24.2 Å². The summed E-state index contributed by atoms with van der Waals surface area (Å²) in [6.07, 6.45) is 4.75. The summed E-state index contributed by atoms with van der Waals surface area (Å²) < 4.78 is 0. The molecule has 1 heterocycles. The summed E-state index contributed by atoms with van der Waals surface area (Å²) in [5.41, 5.74) is 5.26. The van der Waals surface area contributed by atoms with Crippen molar-refractivity contribution in [2.45, 2.75) is 0 Å². The van der Waals surface area contributed by atoms with E-state index >= 15 is 0 Å². The zero-order valence-corrected chi connectivity index (χ0v) is 4.24. The van der Waals surface area contributed by atoms with Crippen molar-refractivity contribution in [1.82, 2.24) is 5.17 Å². The number of nitrogens with zero attached hydrogens (tertiary/aromatic N) is 1. The minimum absolute atomic E-state index is 0.396. The average molecular weight is 113 g/mol. The first-order valence-corrected chi connectivity index (χ1v) is 2.14. The van der Waals surface area contributed by atoms with E-state index in [4.69, 9.17) is 11.6 Å². The highest BCUT2D eigenvalue weighted by molar-refractivity contribution is 5.07. The summed E-state index contributed by atoms with van der Waals surface area (Å²) in [5, 5.41) is 0.986. The van der Waals surface area contributed by atoms with Gasteiger partial charge in [0.1, 0.15) is 6.26 Å². The molecular formula is C4H7N3O. The van der Waals surface area contributed by atoms with E-state index in [0.29, 0.717) is 5.82 Å². The molecule has 1 aliphatic heterocycles. The summed E-state index contributed by atoms with van der Waals surface area (Å²) in [6.45, 7) is 0. The molecule has 0 atom stereocenters. The lowest BCUT2D eigenvalue weighted by Gasteiger charge is -2.17. The molecule has 44 valence electrons. The fraction of sp³-hybridized carbons (Fsp3) is 0. The quantitative estimate of drug-likeness (QED) is 0.412. The van der Waals surface area contributed by atoms with Crippen molar-refractivity contribution < 1.29 is 4.84 Å². The maximum Gasteiger partial charge on any atom is 0.153 e. The number of nitrogens with two attached hydrogens (primary N) is 2. The maximum atomic E-state index is 5.26. The minimum Gasteiger partial charge on any atom is -0.382 e. The Morgan fingerprint density at radius 3 is 2.75 bits per heavy atom. The van der Waals surface area contributed by atoms with Gasteiger partial charge in [-0.25, -0.2) is 5.84 Å². The van der Waals surface area contributed by atoms with Gasteiger partial charge in [-0.3, -0.25) is 0 Å². The molecule has 0 unspecified atom stereocenters. The van der Waals surface area contributed by atoms with Crippen LogP contribution >= 0.6 is 0 Å². The van der Waals surface area contributed by atoms with E-state index in [2.05, 4.69) is 4.84 Å². The first-order valence-electron chi connectivity index (χ1n) is 2.14. The molecule has 0 saturated carbocycles. The van der Waals surface area contributed by atoms with Gasteiger partial charge in [-0.15, -0.1) is 5.17 Å². The fourth-order valence-electron chi connectivity index (χ4n) is 0.373. The van der Waals surface area contributed by atoms with Crippen LogP contribution in [0.1, 0.15) is 0 Å². The number of hydrogen-bond donors (Lipinski definition) is 2. The van der Waals surface area contributed by atoms with Crippen LogP contribution in [0.4, 0.5) is 0 Å². The largest absolute Gasteiger partial charge is 0.382 e.